The minimum Gasteiger partial charge on any atom is -0.376 e. The van der Waals surface area contributed by atoms with Gasteiger partial charge in [-0.05, 0) is 45.8 Å². The average molecular weight is 363 g/mol. The monoisotopic (exact) mass is 362 g/mol. The van der Waals surface area contributed by atoms with Crippen LogP contribution in [-0.4, -0.2) is 14.2 Å². The van der Waals surface area contributed by atoms with Crippen LogP contribution < -0.4 is 5.32 Å². The van der Waals surface area contributed by atoms with Gasteiger partial charge < -0.3 is 5.32 Å². The zero-order chi connectivity index (χ0) is 15.0. The Kier molecular flexibility index (Phi) is 3.47. The second-order valence-corrected chi connectivity index (χ2v) is 7.68. The first kappa shape index (κ1) is 14.1. The van der Waals surface area contributed by atoms with Crippen molar-refractivity contribution in [1.29, 1.82) is 5.26 Å². The van der Waals surface area contributed by atoms with Crippen LogP contribution in [0.15, 0.2) is 51.8 Å². The number of nitrogens with zero attached hydrogens (tertiary/aromatic N) is 1. The predicted molar refractivity (Wildman–Crippen MR) is 83.7 cm³/mol. The molecule has 1 unspecified atom stereocenters. The number of fused-ring (bicyclic) bond motifs is 1. The van der Waals surface area contributed by atoms with Gasteiger partial charge in [-0.2, -0.15) is 5.26 Å². The summed E-state index contributed by atoms with van der Waals surface area (Å²) < 4.78 is 25.0. The summed E-state index contributed by atoms with van der Waals surface area (Å²) in [4.78, 5) is 0.396. The van der Waals surface area contributed by atoms with Crippen molar-refractivity contribution in [2.24, 2.45) is 0 Å². The Balaban J connectivity index is 1.96. The molecule has 106 valence electrons. The molecular weight excluding hydrogens is 352 g/mol. The molecule has 0 amide bonds. The van der Waals surface area contributed by atoms with E-state index in [-0.39, 0.29) is 11.8 Å². The normalized spacial score (nSPS) is 18.8. The van der Waals surface area contributed by atoms with Gasteiger partial charge in [-0.15, -0.1) is 0 Å². The summed E-state index contributed by atoms with van der Waals surface area (Å²) in [5.74, 6) is 0.0405. The zero-order valence-electron chi connectivity index (χ0n) is 10.9. The van der Waals surface area contributed by atoms with Crippen LogP contribution in [-0.2, 0) is 9.84 Å². The van der Waals surface area contributed by atoms with Crippen molar-refractivity contribution >= 4 is 31.5 Å². The summed E-state index contributed by atoms with van der Waals surface area (Å²) in [5, 5.41) is 12.1. The lowest BCUT2D eigenvalue weighted by molar-refractivity contribution is 0.598. The van der Waals surface area contributed by atoms with Crippen molar-refractivity contribution in [3.05, 3.63) is 58.1 Å². The van der Waals surface area contributed by atoms with E-state index < -0.39 is 9.84 Å². The molecule has 1 aliphatic heterocycles. The minimum absolute atomic E-state index is 0.0405. The number of hydrogen-bond donors (Lipinski definition) is 1. The molecule has 1 heterocycles. The molecule has 0 spiro atoms. The summed E-state index contributed by atoms with van der Waals surface area (Å²) in [5.41, 5.74) is 2.10. The standard InChI is InChI=1S/C15H11BrN2O2S/c16-12-7-10(8-17)5-6-13(12)18-14-9-21(19,20)15-4-2-1-3-11(14)15/h1-7,14,18H,9H2. The molecule has 21 heavy (non-hydrogen) atoms. The van der Waals surface area contributed by atoms with E-state index in [1.165, 1.54) is 0 Å². The number of nitrogens with one attached hydrogen (secondary N) is 1. The van der Waals surface area contributed by atoms with Crippen molar-refractivity contribution < 1.29 is 8.42 Å². The van der Waals surface area contributed by atoms with E-state index in [2.05, 4.69) is 27.3 Å². The third-order valence-electron chi connectivity index (χ3n) is 3.44. The molecule has 0 radical (unpaired) electrons. The fourth-order valence-corrected chi connectivity index (χ4v) is 4.69. The Hall–Kier alpha value is -1.84. The number of anilines is 1. The van der Waals surface area contributed by atoms with Crippen LogP contribution in [0, 0.1) is 11.3 Å². The molecule has 3 rings (SSSR count). The zero-order valence-corrected chi connectivity index (χ0v) is 13.3. The summed E-state index contributed by atoms with van der Waals surface area (Å²) in [6.45, 7) is 0. The van der Waals surface area contributed by atoms with Gasteiger partial charge in [0.05, 0.1) is 28.3 Å². The Bertz CT molecular complexity index is 856. The molecule has 2 aromatic rings. The maximum atomic E-state index is 12.1. The Morgan fingerprint density at radius 3 is 2.71 bits per heavy atom. The van der Waals surface area contributed by atoms with E-state index in [4.69, 9.17) is 5.26 Å². The second-order valence-electron chi connectivity index (χ2n) is 4.82. The topological polar surface area (TPSA) is 70.0 Å². The molecule has 6 heteroatoms. The second kappa shape index (κ2) is 5.17. The van der Waals surface area contributed by atoms with Crippen LogP contribution in [0.4, 0.5) is 5.69 Å². The smallest absolute Gasteiger partial charge is 0.181 e. The number of hydrogen-bond acceptors (Lipinski definition) is 4. The molecule has 4 nitrogen and oxygen atoms in total. The summed E-state index contributed by atoms with van der Waals surface area (Å²) in [7, 11) is -3.23. The fraction of sp³-hybridized carbons (Fsp3) is 0.133. The highest BCUT2D eigenvalue weighted by Crippen LogP contribution is 2.36. The van der Waals surface area contributed by atoms with Crippen LogP contribution in [0.2, 0.25) is 0 Å². The van der Waals surface area contributed by atoms with Gasteiger partial charge in [-0.1, -0.05) is 18.2 Å². The molecule has 1 N–H and O–H groups in total. The number of halogens is 1. The Morgan fingerprint density at radius 2 is 2.00 bits per heavy atom. The molecule has 1 atom stereocenters. The maximum absolute atomic E-state index is 12.1. The molecule has 0 saturated heterocycles. The molecule has 0 bridgehead atoms. The fourth-order valence-electron chi connectivity index (χ4n) is 2.46. The first-order chi connectivity index (χ1) is 10.0. The van der Waals surface area contributed by atoms with E-state index in [1.54, 1.807) is 30.3 Å². The van der Waals surface area contributed by atoms with Gasteiger partial charge in [0.2, 0.25) is 0 Å². The van der Waals surface area contributed by atoms with Crippen molar-refractivity contribution in [2.75, 3.05) is 11.1 Å². The summed E-state index contributed by atoms with van der Waals surface area (Å²) in [6.07, 6.45) is 0. The largest absolute Gasteiger partial charge is 0.376 e. The highest BCUT2D eigenvalue weighted by Gasteiger charge is 2.34. The van der Waals surface area contributed by atoms with E-state index >= 15 is 0 Å². The quantitative estimate of drug-likeness (QED) is 0.889. The average Bonchev–Trinajstić information content (AvgIpc) is 2.73. The van der Waals surface area contributed by atoms with Crippen LogP contribution in [0.3, 0.4) is 0 Å². The van der Waals surface area contributed by atoms with Gasteiger partial charge in [0.25, 0.3) is 0 Å². The van der Waals surface area contributed by atoms with Gasteiger partial charge in [-0.3, -0.25) is 0 Å². The number of rotatable bonds is 2. The van der Waals surface area contributed by atoms with E-state index in [1.807, 2.05) is 12.1 Å². The molecule has 0 saturated carbocycles. The number of sulfone groups is 1. The van der Waals surface area contributed by atoms with Crippen molar-refractivity contribution in [3.8, 4) is 6.07 Å². The van der Waals surface area contributed by atoms with Gasteiger partial charge in [0.1, 0.15) is 0 Å². The Morgan fingerprint density at radius 1 is 1.24 bits per heavy atom. The molecular formula is C15H11BrN2O2S. The molecule has 1 aliphatic rings. The van der Waals surface area contributed by atoms with E-state index in [9.17, 15) is 8.42 Å². The lowest BCUT2D eigenvalue weighted by Gasteiger charge is -2.15. The van der Waals surface area contributed by atoms with Crippen LogP contribution in [0.5, 0.6) is 0 Å². The van der Waals surface area contributed by atoms with Gasteiger partial charge in [0, 0.05) is 10.2 Å². The van der Waals surface area contributed by atoms with Gasteiger partial charge in [-0.25, -0.2) is 8.42 Å². The first-order valence-electron chi connectivity index (χ1n) is 6.29. The third kappa shape index (κ3) is 2.55. The molecule has 0 aliphatic carbocycles. The van der Waals surface area contributed by atoms with Crippen molar-refractivity contribution in [3.63, 3.8) is 0 Å². The molecule has 0 aromatic heterocycles. The highest BCUT2D eigenvalue weighted by atomic mass is 79.9. The van der Waals surface area contributed by atoms with E-state index in [0.717, 1.165) is 15.7 Å². The molecule has 0 fully saturated rings. The SMILES string of the molecule is N#Cc1ccc(NC2CS(=O)(=O)c3ccccc32)c(Br)c1. The maximum Gasteiger partial charge on any atom is 0.181 e. The van der Waals surface area contributed by atoms with Crippen LogP contribution >= 0.6 is 15.9 Å². The van der Waals surface area contributed by atoms with Crippen molar-refractivity contribution in [2.45, 2.75) is 10.9 Å². The first-order valence-corrected chi connectivity index (χ1v) is 8.73. The molecule has 2 aromatic carbocycles. The predicted octanol–water partition coefficient (Wildman–Crippen LogP) is 3.26. The number of nitriles is 1. The van der Waals surface area contributed by atoms with Gasteiger partial charge in [0.15, 0.2) is 9.84 Å². The van der Waals surface area contributed by atoms with E-state index in [0.29, 0.717) is 10.5 Å². The number of benzene rings is 2. The van der Waals surface area contributed by atoms with Crippen molar-refractivity contribution in [1.82, 2.24) is 0 Å². The lowest BCUT2D eigenvalue weighted by Crippen LogP contribution is -2.13. The highest BCUT2D eigenvalue weighted by molar-refractivity contribution is 9.10. The third-order valence-corrected chi connectivity index (χ3v) is 5.91. The minimum atomic E-state index is -3.23. The van der Waals surface area contributed by atoms with Crippen LogP contribution in [0.25, 0.3) is 0 Å². The van der Waals surface area contributed by atoms with Gasteiger partial charge >= 0.3 is 0 Å². The lowest BCUT2D eigenvalue weighted by atomic mass is 10.1. The Labute approximate surface area is 131 Å². The summed E-state index contributed by atoms with van der Waals surface area (Å²) in [6, 6.07) is 14.0. The van der Waals surface area contributed by atoms with Crippen LogP contribution in [0.1, 0.15) is 17.2 Å². The summed E-state index contributed by atoms with van der Waals surface area (Å²) >= 11 is 3.40.